The molecule has 0 saturated carbocycles. The van der Waals surface area contributed by atoms with Gasteiger partial charge in [-0.15, -0.1) is 0 Å². The van der Waals surface area contributed by atoms with Gasteiger partial charge in [0.25, 0.3) is 0 Å². The average molecular weight is 219 g/mol. The zero-order valence-electron chi connectivity index (χ0n) is 11.1. The SMILES string of the molecule is CCCCCC(NC)c1cccc(C)c1C. The molecule has 1 unspecified atom stereocenters. The first kappa shape index (κ1) is 13.2. The lowest BCUT2D eigenvalue weighted by atomic mass is 9.94. The summed E-state index contributed by atoms with van der Waals surface area (Å²) in [5, 5.41) is 3.45. The van der Waals surface area contributed by atoms with Crippen LogP contribution in [-0.4, -0.2) is 7.05 Å². The van der Waals surface area contributed by atoms with E-state index < -0.39 is 0 Å². The standard InChI is InChI=1S/C15H25N/c1-5-6-7-11-15(16-4)14-10-8-9-12(2)13(14)3/h8-10,15-16H,5-7,11H2,1-4H3. The van der Waals surface area contributed by atoms with E-state index in [2.05, 4.69) is 51.3 Å². The maximum absolute atomic E-state index is 3.45. The van der Waals surface area contributed by atoms with E-state index in [1.165, 1.54) is 42.4 Å². The fraction of sp³-hybridized carbons (Fsp3) is 0.600. The monoisotopic (exact) mass is 219 g/mol. The van der Waals surface area contributed by atoms with Crippen molar-refractivity contribution in [3.05, 3.63) is 34.9 Å². The lowest BCUT2D eigenvalue weighted by Crippen LogP contribution is -2.17. The Morgan fingerprint density at radius 3 is 2.56 bits per heavy atom. The zero-order chi connectivity index (χ0) is 12.0. The molecule has 0 heterocycles. The van der Waals surface area contributed by atoms with Crippen molar-refractivity contribution in [1.82, 2.24) is 5.32 Å². The minimum atomic E-state index is 0.520. The number of rotatable bonds is 6. The number of nitrogens with one attached hydrogen (secondary N) is 1. The summed E-state index contributed by atoms with van der Waals surface area (Å²) >= 11 is 0. The van der Waals surface area contributed by atoms with Crippen LogP contribution in [0, 0.1) is 13.8 Å². The van der Waals surface area contributed by atoms with Crippen LogP contribution >= 0.6 is 0 Å². The second-order valence-corrected chi connectivity index (χ2v) is 4.63. The van der Waals surface area contributed by atoms with Crippen molar-refractivity contribution in [2.24, 2.45) is 0 Å². The third-order valence-electron chi connectivity index (χ3n) is 3.47. The summed E-state index contributed by atoms with van der Waals surface area (Å²) in [7, 11) is 2.07. The fourth-order valence-corrected chi connectivity index (χ4v) is 2.21. The van der Waals surface area contributed by atoms with Gasteiger partial charge in [0.2, 0.25) is 0 Å². The van der Waals surface area contributed by atoms with Crippen molar-refractivity contribution >= 4 is 0 Å². The first-order valence-corrected chi connectivity index (χ1v) is 6.44. The second-order valence-electron chi connectivity index (χ2n) is 4.63. The molecular formula is C15H25N. The molecule has 0 radical (unpaired) electrons. The van der Waals surface area contributed by atoms with Gasteiger partial charge in [0, 0.05) is 6.04 Å². The lowest BCUT2D eigenvalue weighted by molar-refractivity contribution is 0.510. The predicted octanol–water partition coefficient (Wildman–Crippen LogP) is 4.14. The van der Waals surface area contributed by atoms with E-state index in [0.29, 0.717) is 6.04 Å². The number of aryl methyl sites for hydroxylation is 1. The number of benzene rings is 1. The Morgan fingerprint density at radius 1 is 1.19 bits per heavy atom. The first-order valence-electron chi connectivity index (χ1n) is 6.44. The molecule has 16 heavy (non-hydrogen) atoms. The van der Waals surface area contributed by atoms with Crippen LogP contribution in [0.5, 0.6) is 0 Å². The summed E-state index contributed by atoms with van der Waals surface area (Å²) in [4.78, 5) is 0. The topological polar surface area (TPSA) is 12.0 Å². The van der Waals surface area contributed by atoms with Gasteiger partial charge >= 0.3 is 0 Å². The quantitative estimate of drug-likeness (QED) is 0.709. The number of hydrogen-bond donors (Lipinski definition) is 1. The van der Waals surface area contributed by atoms with Crippen LogP contribution in [-0.2, 0) is 0 Å². The fourth-order valence-electron chi connectivity index (χ4n) is 2.21. The van der Waals surface area contributed by atoms with E-state index in [4.69, 9.17) is 0 Å². The molecule has 90 valence electrons. The molecule has 1 nitrogen and oxygen atoms in total. The summed E-state index contributed by atoms with van der Waals surface area (Å²) < 4.78 is 0. The van der Waals surface area contributed by atoms with E-state index >= 15 is 0 Å². The molecule has 1 rings (SSSR count). The van der Waals surface area contributed by atoms with E-state index in [1.54, 1.807) is 0 Å². The van der Waals surface area contributed by atoms with Crippen LogP contribution in [0.1, 0.15) is 55.3 Å². The third-order valence-corrected chi connectivity index (χ3v) is 3.47. The van der Waals surface area contributed by atoms with Gasteiger partial charge in [-0.3, -0.25) is 0 Å². The van der Waals surface area contributed by atoms with Crippen molar-refractivity contribution < 1.29 is 0 Å². The summed E-state index contributed by atoms with van der Waals surface area (Å²) in [6.45, 7) is 6.68. The van der Waals surface area contributed by atoms with E-state index in [9.17, 15) is 0 Å². The molecule has 1 aromatic carbocycles. The molecular weight excluding hydrogens is 194 g/mol. The Balaban J connectivity index is 2.74. The maximum atomic E-state index is 3.45. The minimum absolute atomic E-state index is 0.520. The molecule has 0 saturated heterocycles. The minimum Gasteiger partial charge on any atom is -0.313 e. The lowest BCUT2D eigenvalue weighted by Gasteiger charge is -2.19. The van der Waals surface area contributed by atoms with Gasteiger partial charge < -0.3 is 5.32 Å². The highest BCUT2D eigenvalue weighted by molar-refractivity contribution is 5.35. The van der Waals surface area contributed by atoms with Crippen LogP contribution in [0.15, 0.2) is 18.2 Å². The molecule has 1 N–H and O–H groups in total. The van der Waals surface area contributed by atoms with Crippen molar-refractivity contribution in [3.63, 3.8) is 0 Å². The molecule has 1 atom stereocenters. The van der Waals surface area contributed by atoms with E-state index in [-0.39, 0.29) is 0 Å². The molecule has 0 aliphatic rings. The Labute approximate surface area is 100 Å². The summed E-state index contributed by atoms with van der Waals surface area (Å²) in [6.07, 6.45) is 5.19. The van der Waals surface area contributed by atoms with Gasteiger partial charge in [0.05, 0.1) is 0 Å². The van der Waals surface area contributed by atoms with Crippen LogP contribution in [0.2, 0.25) is 0 Å². The Bertz CT molecular complexity index is 317. The van der Waals surface area contributed by atoms with Crippen LogP contribution in [0.4, 0.5) is 0 Å². The second kappa shape index (κ2) is 6.70. The molecule has 0 aliphatic heterocycles. The summed E-state index contributed by atoms with van der Waals surface area (Å²) in [6, 6.07) is 7.14. The highest BCUT2D eigenvalue weighted by Crippen LogP contribution is 2.24. The van der Waals surface area contributed by atoms with Gasteiger partial charge in [-0.25, -0.2) is 0 Å². The normalized spacial score (nSPS) is 12.8. The van der Waals surface area contributed by atoms with Crippen LogP contribution in [0.3, 0.4) is 0 Å². The Hall–Kier alpha value is -0.820. The molecule has 0 spiro atoms. The summed E-state index contributed by atoms with van der Waals surface area (Å²) in [5.41, 5.74) is 4.31. The Morgan fingerprint density at radius 2 is 1.94 bits per heavy atom. The number of unbranched alkanes of at least 4 members (excludes halogenated alkanes) is 2. The summed E-state index contributed by atoms with van der Waals surface area (Å²) in [5.74, 6) is 0. The molecule has 1 heteroatoms. The van der Waals surface area contributed by atoms with E-state index in [1.807, 2.05) is 0 Å². The predicted molar refractivity (Wildman–Crippen MR) is 71.9 cm³/mol. The molecule has 0 amide bonds. The highest BCUT2D eigenvalue weighted by atomic mass is 14.9. The van der Waals surface area contributed by atoms with Crippen molar-refractivity contribution in [2.75, 3.05) is 7.05 Å². The maximum Gasteiger partial charge on any atom is 0.0320 e. The van der Waals surface area contributed by atoms with Crippen molar-refractivity contribution in [3.8, 4) is 0 Å². The molecule has 0 aromatic heterocycles. The zero-order valence-corrected chi connectivity index (χ0v) is 11.1. The van der Waals surface area contributed by atoms with Crippen LogP contribution in [0.25, 0.3) is 0 Å². The largest absolute Gasteiger partial charge is 0.313 e. The van der Waals surface area contributed by atoms with Gasteiger partial charge in [0.1, 0.15) is 0 Å². The average Bonchev–Trinajstić information content (AvgIpc) is 2.29. The van der Waals surface area contributed by atoms with E-state index in [0.717, 1.165) is 0 Å². The third kappa shape index (κ3) is 3.34. The molecule has 0 fully saturated rings. The van der Waals surface area contributed by atoms with Gasteiger partial charge in [0.15, 0.2) is 0 Å². The molecule has 0 bridgehead atoms. The molecule has 1 aromatic rings. The van der Waals surface area contributed by atoms with Crippen molar-refractivity contribution in [2.45, 2.75) is 52.5 Å². The Kier molecular flexibility index (Phi) is 5.54. The van der Waals surface area contributed by atoms with Crippen LogP contribution < -0.4 is 5.32 Å². The van der Waals surface area contributed by atoms with Gasteiger partial charge in [-0.1, -0.05) is 44.4 Å². The molecule has 0 aliphatic carbocycles. The first-order chi connectivity index (χ1) is 7.70. The number of hydrogen-bond acceptors (Lipinski definition) is 1. The van der Waals surface area contributed by atoms with Gasteiger partial charge in [-0.2, -0.15) is 0 Å². The van der Waals surface area contributed by atoms with Crippen molar-refractivity contribution in [1.29, 1.82) is 0 Å². The highest BCUT2D eigenvalue weighted by Gasteiger charge is 2.11. The van der Waals surface area contributed by atoms with Gasteiger partial charge in [-0.05, 0) is 44.0 Å². The smallest absolute Gasteiger partial charge is 0.0320 e.